The third-order valence-corrected chi connectivity index (χ3v) is 8.62. The van der Waals surface area contributed by atoms with Crippen molar-refractivity contribution in [3.63, 3.8) is 0 Å². The molecule has 0 bridgehead atoms. The summed E-state index contributed by atoms with van der Waals surface area (Å²) >= 11 is 5.73. The lowest BCUT2D eigenvalue weighted by atomic mass is 10.1. The van der Waals surface area contributed by atoms with Crippen molar-refractivity contribution in [2.75, 3.05) is 6.61 Å². The van der Waals surface area contributed by atoms with Gasteiger partial charge >= 0.3 is 18.3 Å². The highest BCUT2D eigenvalue weighted by Gasteiger charge is 2.57. The highest BCUT2D eigenvalue weighted by molar-refractivity contribution is 8.09. The second-order valence-corrected chi connectivity index (χ2v) is 12.8. The third kappa shape index (κ3) is 6.71. The minimum absolute atomic E-state index is 0.285. The van der Waals surface area contributed by atoms with Gasteiger partial charge in [-0.05, 0) is 49.6 Å². The zero-order valence-corrected chi connectivity index (χ0v) is 24.3. The standard InChI is InChI=1S/C25H28FN6O8PS/c1-14(2)38-23(35)15(3)29-41(42,40-18-10-6-8-16-7-4-5-9-17(16)18)37-13-25(30-31-27)21(26)20(34)22(39-25)32-12-11-19(33)28-24(32)36/h4-12,14-15,20-22,34H,13H2,1-3H3,(H,29,42)(H,28,33,36)/t15-,20+,21-,22+,25+,41?/m0/s1. The van der Waals surface area contributed by atoms with E-state index in [1.54, 1.807) is 38.1 Å². The fraction of sp³-hybridized carbons (Fsp3) is 0.400. The van der Waals surface area contributed by atoms with E-state index in [0.29, 0.717) is 5.39 Å². The fourth-order valence-corrected chi connectivity index (χ4v) is 6.60. The Morgan fingerprint density at radius 1 is 1.29 bits per heavy atom. The number of hydrogen-bond acceptors (Lipinski definition) is 10. The van der Waals surface area contributed by atoms with Crippen molar-refractivity contribution in [2.24, 2.45) is 5.11 Å². The number of aromatic amines is 1. The van der Waals surface area contributed by atoms with Crippen molar-refractivity contribution in [1.29, 1.82) is 0 Å². The Morgan fingerprint density at radius 2 is 2.00 bits per heavy atom. The Kier molecular flexibility index (Phi) is 9.48. The van der Waals surface area contributed by atoms with E-state index in [0.717, 1.165) is 22.2 Å². The number of H-pyrrole nitrogens is 1. The summed E-state index contributed by atoms with van der Waals surface area (Å²) in [5.41, 5.74) is 5.01. The van der Waals surface area contributed by atoms with Gasteiger partial charge in [0, 0.05) is 22.6 Å². The summed E-state index contributed by atoms with van der Waals surface area (Å²) < 4.78 is 39.3. The molecule has 6 atom stereocenters. The van der Waals surface area contributed by atoms with E-state index in [9.17, 15) is 25.0 Å². The van der Waals surface area contributed by atoms with Gasteiger partial charge < -0.3 is 23.6 Å². The molecule has 224 valence electrons. The molecule has 0 spiro atoms. The van der Waals surface area contributed by atoms with Crippen molar-refractivity contribution in [1.82, 2.24) is 14.6 Å². The van der Waals surface area contributed by atoms with Crippen LogP contribution in [0.15, 0.2) is 69.4 Å². The summed E-state index contributed by atoms with van der Waals surface area (Å²) in [6.07, 6.45) is -5.58. The van der Waals surface area contributed by atoms with Crippen molar-refractivity contribution >= 4 is 35.2 Å². The average Bonchev–Trinajstić information content (AvgIpc) is 3.17. The predicted molar refractivity (Wildman–Crippen MR) is 153 cm³/mol. The highest BCUT2D eigenvalue weighted by atomic mass is 32.5. The maximum atomic E-state index is 15.7. The van der Waals surface area contributed by atoms with Crippen LogP contribution in [-0.2, 0) is 30.6 Å². The second-order valence-electron chi connectivity index (χ2n) is 9.63. The molecule has 4 rings (SSSR count). The SMILES string of the molecule is CC(C)OC(=O)[C@H](C)NP(=S)(OC[C@@]1(N=[N+]=[N-])O[C@@H](n2ccc(=O)[nH]c2=O)[C@H](O)[C@@H]1F)Oc1cccc2ccccc12. The summed E-state index contributed by atoms with van der Waals surface area (Å²) in [7, 11) is 0. The van der Waals surface area contributed by atoms with E-state index in [4.69, 9.17) is 30.3 Å². The van der Waals surface area contributed by atoms with Crippen LogP contribution >= 0.6 is 6.64 Å². The van der Waals surface area contributed by atoms with Crippen molar-refractivity contribution in [3.05, 3.63) is 86.0 Å². The van der Waals surface area contributed by atoms with Crippen LogP contribution in [0.4, 0.5) is 4.39 Å². The van der Waals surface area contributed by atoms with E-state index >= 15 is 4.39 Å². The maximum Gasteiger partial charge on any atom is 0.330 e. The van der Waals surface area contributed by atoms with Crippen LogP contribution in [0.3, 0.4) is 0 Å². The first-order valence-electron chi connectivity index (χ1n) is 12.7. The average molecular weight is 623 g/mol. The number of aromatic nitrogens is 2. The summed E-state index contributed by atoms with van der Waals surface area (Å²) in [4.78, 5) is 41.0. The molecule has 3 N–H and O–H groups in total. The number of nitrogens with zero attached hydrogens (tertiary/aromatic N) is 4. The van der Waals surface area contributed by atoms with Crippen LogP contribution in [0.25, 0.3) is 21.2 Å². The Bertz CT molecular complexity index is 1670. The van der Waals surface area contributed by atoms with Crippen molar-refractivity contribution in [2.45, 2.75) is 57.1 Å². The predicted octanol–water partition coefficient (Wildman–Crippen LogP) is 3.17. The van der Waals surface area contributed by atoms with E-state index in [2.05, 4.69) is 15.1 Å². The van der Waals surface area contributed by atoms with Crippen LogP contribution in [0.1, 0.15) is 27.0 Å². The minimum atomic E-state index is -3.82. The van der Waals surface area contributed by atoms with E-state index in [1.165, 1.54) is 6.92 Å². The number of hydrogen-bond donors (Lipinski definition) is 3. The molecule has 1 aromatic heterocycles. The maximum absolute atomic E-state index is 15.7. The third-order valence-electron chi connectivity index (χ3n) is 6.15. The van der Waals surface area contributed by atoms with Crippen LogP contribution in [0.2, 0.25) is 0 Å². The minimum Gasteiger partial charge on any atom is -0.462 e. The number of halogens is 1. The molecule has 0 aliphatic carbocycles. The lowest BCUT2D eigenvalue weighted by molar-refractivity contribution is -0.149. The number of nitrogens with one attached hydrogen (secondary N) is 2. The zero-order chi connectivity index (χ0) is 30.7. The molecule has 2 heterocycles. The Hall–Kier alpha value is -3.62. The van der Waals surface area contributed by atoms with Crippen molar-refractivity contribution in [3.8, 4) is 5.75 Å². The quantitative estimate of drug-likeness (QED) is 0.0941. The van der Waals surface area contributed by atoms with Gasteiger partial charge in [-0.3, -0.25) is 19.1 Å². The zero-order valence-electron chi connectivity index (χ0n) is 22.6. The number of fused-ring (bicyclic) bond motifs is 1. The molecule has 2 aromatic carbocycles. The number of aliphatic hydroxyl groups is 1. The molecular weight excluding hydrogens is 594 g/mol. The van der Waals surface area contributed by atoms with Crippen LogP contribution in [-0.4, -0.2) is 57.4 Å². The van der Waals surface area contributed by atoms with Gasteiger partial charge in [-0.2, -0.15) is 0 Å². The molecule has 0 saturated carbocycles. The number of carbonyl (C=O) groups is 1. The highest BCUT2D eigenvalue weighted by Crippen LogP contribution is 2.50. The van der Waals surface area contributed by atoms with Gasteiger partial charge in [0.1, 0.15) is 17.9 Å². The Labute approximate surface area is 243 Å². The Morgan fingerprint density at radius 3 is 2.69 bits per heavy atom. The second kappa shape index (κ2) is 12.7. The molecule has 1 aliphatic heterocycles. The monoisotopic (exact) mass is 622 g/mol. The topological polar surface area (TPSA) is 190 Å². The summed E-state index contributed by atoms with van der Waals surface area (Å²) in [6, 6.07) is 12.4. The van der Waals surface area contributed by atoms with Gasteiger partial charge in [-0.25, -0.2) is 14.3 Å². The fourth-order valence-electron chi connectivity index (χ4n) is 4.20. The van der Waals surface area contributed by atoms with E-state index in [-0.39, 0.29) is 5.75 Å². The van der Waals surface area contributed by atoms with Crippen molar-refractivity contribution < 1.29 is 32.8 Å². The van der Waals surface area contributed by atoms with Gasteiger partial charge in [-0.1, -0.05) is 41.5 Å². The molecule has 1 unspecified atom stereocenters. The van der Waals surface area contributed by atoms with Gasteiger partial charge in [0.15, 0.2) is 12.4 Å². The van der Waals surface area contributed by atoms with E-state index in [1.807, 2.05) is 23.2 Å². The summed E-state index contributed by atoms with van der Waals surface area (Å²) in [5, 5.41) is 18.4. The molecule has 42 heavy (non-hydrogen) atoms. The van der Waals surface area contributed by atoms with Gasteiger partial charge in [0.25, 0.3) is 5.56 Å². The van der Waals surface area contributed by atoms with Gasteiger partial charge in [0.2, 0.25) is 5.72 Å². The molecule has 3 aromatic rings. The number of ether oxygens (including phenoxy) is 2. The largest absolute Gasteiger partial charge is 0.462 e. The number of alkyl halides is 1. The first kappa shape index (κ1) is 31.3. The molecule has 0 radical (unpaired) electrons. The summed E-state index contributed by atoms with van der Waals surface area (Å²) in [5.74, 6) is -0.379. The van der Waals surface area contributed by atoms with E-state index < -0.39 is 66.8 Å². The van der Waals surface area contributed by atoms with Crippen LogP contribution in [0.5, 0.6) is 5.75 Å². The van der Waals surface area contributed by atoms with Crippen LogP contribution < -0.4 is 20.9 Å². The molecule has 14 nitrogen and oxygen atoms in total. The Balaban J connectivity index is 1.68. The first-order chi connectivity index (χ1) is 19.9. The molecule has 17 heteroatoms. The lowest BCUT2D eigenvalue weighted by Crippen LogP contribution is -2.43. The molecule has 1 aliphatic rings. The first-order valence-corrected chi connectivity index (χ1v) is 15.3. The molecular formula is C25H28FN6O8PS. The number of carbonyl (C=O) groups excluding carboxylic acids is 1. The number of azide groups is 1. The number of rotatable bonds is 11. The number of benzene rings is 2. The van der Waals surface area contributed by atoms with Gasteiger partial charge in [-0.15, -0.1) is 0 Å². The normalized spacial score (nSPS) is 24.1. The molecule has 1 saturated heterocycles. The summed E-state index contributed by atoms with van der Waals surface area (Å²) in [6.45, 7) is 0.0913. The van der Waals surface area contributed by atoms with Crippen LogP contribution in [0, 0.1) is 0 Å². The molecule has 1 fully saturated rings. The molecule has 0 amide bonds. The number of aliphatic hydroxyl groups excluding tert-OH is 1. The smallest absolute Gasteiger partial charge is 0.330 e. The number of esters is 1. The van der Waals surface area contributed by atoms with Gasteiger partial charge in [0.05, 0.1) is 12.7 Å². The lowest BCUT2D eigenvalue weighted by Gasteiger charge is -2.31.